The summed E-state index contributed by atoms with van der Waals surface area (Å²) in [7, 11) is 1.56. The van der Waals surface area contributed by atoms with E-state index in [1.807, 2.05) is 36.4 Å². The smallest absolute Gasteiger partial charge is 0.270 e. The van der Waals surface area contributed by atoms with Crippen molar-refractivity contribution < 1.29 is 9.53 Å². The third kappa shape index (κ3) is 4.02. The Bertz CT molecular complexity index is 1460. The van der Waals surface area contributed by atoms with E-state index in [9.17, 15) is 4.79 Å². The molecule has 0 bridgehead atoms. The van der Waals surface area contributed by atoms with Crippen LogP contribution >= 0.6 is 35.6 Å². The number of methoxy groups -OCH3 is 1. The van der Waals surface area contributed by atoms with Crippen molar-refractivity contribution in [2.75, 3.05) is 12.0 Å². The van der Waals surface area contributed by atoms with Gasteiger partial charge in [0.1, 0.15) is 5.75 Å². The molecular formula is C27H21ClN2O2S2. The van der Waals surface area contributed by atoms with Gasteiger partial charge in [0.15, 0.2) is 4.32 Å². The summed E-state index contributed by atoms with van der Waals surface area (Å²) in [4.78, 5) is 15.5. The van der Waals surface area contributed by atoms with Gasteiger partial charge in [-0.3, -0.25) is 9.69 Å². The van der Waals surface area contributed by atoms with Crippen LogP contribution in [0.5, 0.6) is 5.75 Å². The average molecular weight is 505 g/mol. The number of carbonyl (C=O) groups is 1. The van der Waals surface area contributed by atoms with Gasteiger partial charge in [0.05, 0.1) is 22.7 Å². The van der Waals surface area contributed by atoms with Gasteiger partial charge < -0.3 is 9.30 Å². The van der Waals surface area contributed by atoms with Crippen LogP contribution in [0.4, 0.5) is 5.69 Å². The van der Waals surface area contributed by atoms with Crippen molar-refractivity contribution in [3.8, 4) is 5.75 Å². The zero-order chi connectivity index (χ0) is 23.8. The highest BCUT2D eigenvalue weighted by Gasteiger charge is 2.34. The highest BCUT2D eigenvalue weighted by Crippen LogP contribution is 2.40. The summed E-state index contributed by atoms with van der Waals surface area (Å²) in [6.07, 6.45) is 1.96. The highest BCUT2D eigenvalue weighted by molar-refractivity contribution is 8.27. The molecule has 4 nitrogen and oxygen atoms in total. The quantitative estimate of drug-likeness (QED) is 0.215. The van der Waals surface area contributed by atoms with Gasteiger partial charge in [-0.05, 0) is 42.8 Å². The molecule has 0 saturated carbocycles. The number of anilines is 1. The van der Waals surface area contributed by atoms with Crippen molar-refractivity contribution in [1.29, 1.82) is 0 Å². The first-order chi connectivity index (χ1) is 16.5. The van der Waals surface area contributed by atoms with Crippen LogP contribution in [0, 0.1) is 6.92 Å². The van der Waals surface area contributed by atoms with Gasteiger partial charge in [-0.15, -0.1) is 0 Å². The highest BCUT2D eigenvalue weighted by atomic mass is 35.5. The van der Waals surface area contributed by atoms with E-state index in [4.69, 9.17) is 28.6 Å². The molecule has 1 amide bonds. The van der Waals surface area contributed by atoms with E-state index >= 15 is 0 Å². The number of hydrogen-bond donors (Lipinski definition) is 0. The topological polar surface area (TPSA) is 34.5 Å². The first-order valence-corrected chi connectivity index (χ1v) is 12.3. The predicted molar refractivity (Wildman–Crippen MR) is 146 cm³/mol. The Hall–Kier alpha value is -3.06. The lowest BCUT2D eigenvalue weighted by Crippen LogP contribution is -2.27. The molecule has 34 heavy (non-hydrogen) atoms. The van der Waals surface area contributed by atoms with Crippen molar-refractivity contribution in [2.24, 2.45) is 0 Å². The number of halogens is 1. The molecule has 1 fully saturated rings. The molecule has 1 aromatic heterocycles. The monoisotopic (exact) mass is 504 g/mol. The maximum Gasteiger partial charge on any atom is 0.270 e. The molecule has 1 saturated heterocycles. The summed E-state index contributed by atoms with van der Waals surface area (Å²) < 4.78 is 8.00. The molecule has 0 atom stereocenters. The van der Waals surface area contributed by atoms with Crippen molar-refractivity contribution >= 4 is 68.5 Å². The van der Waals surface area contributed by atoms with Crippen LogP contribution in [0.25, 0.3) is 17.0 Å². The average Bonchev–Trinajstić information content (AvgIpc) is 3.27. The second-order valence-electron chi connectivity index (χ2n) is 7.92. The molecule has 170 valence electrons. The fourth-order valence-corrected chi connectivity index (χ4v) is 5.76. The van der Waals surface area contributed by atoms with Crippen LogP contribution in [0.1, 0.15) is 16.8 Å². The van der Waals surface area contributed by atoms with E-state index in [0.717, 1.165) is 28.7 Å². The summed E-state index contributed by atoms with van der Waals surface area (Å²) >= 11 is 13.2. The number of rotatable bonds is 5. The van der Waals surface area contributed by atoms with E-state index in [-0.39, 0.29) is 5.91 Å². The zero-order valence-corrected chi connectivity index (χ0v) is 21.0. The second kappa shape index (κ2) is 9.29. The van der Waals surface area contributed by atoms with Crippen LogP contribution in [-0.4, -0.2) is 21.9 Å². The second-order valence-corrected chi connectivity index (χ2v) is 10.0. The van der Waals surface area contributed by atoms with E-state index in [1.54, 1.807) is 25.3 Å². The normalized spacial score (nSPS) is 15.0. The predicted octanol–water partition coefficient (Wildman–Crippen LogP) is 7.07. The molecule has 4 aromatic rings. The van der Waals surface area contributed by atoms with Crippen LogP contribution in [0.2, 0.25) is 5.02 Å². The van der Waals surface area contributed by atoms with Crippen LogP contribution in [-0.2, 0) is 11.3 Å². The zero-order valence-electron chi connectivity index (χ0n) is 18.6. The Morgan fingerprint density at radius 3 is 2.53 bits per heavy atom. The maximum absolute atomic E-state index is 13.4. The summed E-state index contributed by atoms with van der Waals surface area (Å²) in [5.74, 6) is 0.392. The molecule has 0 unspecified atom stereocenters. The third-order valence-corrected chi connectivity index (χ3v) is 7.52. The van der Waals surface area contributed by atoms with Crippen molar-refractivity contribution in [2.45, 2.75) is 13.5 Å². The third-order valence-electron chi connectivity index (χ3n) is 5.93. The van der Waals surface area contributed by atoms with Gasteiger partial charge in [-0.2, -0.15) is 0 Å². The Kier molecular flexibility index (Phi) is 6.21. The molecule has 2 heterocycles. The molecule has 0 N–H and O–H groups in total. The lowest BCUT2D eigenvalue weighted by Gasteiger charge is -2.15. The van der Waals surface area contributed by atoms with Crippen molar-refractivity contribution in [3.05, 3.63) is 99.5 Å². The maximum atomic E-state index is 13.4. The number of thioether (sulfide) groups is 1. The summed E-state index contributed by atoms with van der Waals surface area (Å²) in [5.41, 5.74) is 5.11. The SMILES string of the molecule is COc1ccc(N2C(=O)/C(=C/c3c(C)n(Cc4ccccc4)c4ccccc34)SC2=S)cc1Cl. The number of benzene rings is 3. The number of para-hydroxylation sites is 1. The van der Waals surface area contributed by atoms with E-state index in [0.29, 0.717) is 25.7 Å². The lowest BCUT2D eigenvalue weighted by atomic mass is 10.1. The molecule has 0 aliphatic carbocycles. The molecule has 7 heteroatoms. The van der Waals surface area contributed by atoms with E-state index in [2.05, 4.69) is 35.8 Å². The van der Waals surface area contributed by atoms with Crippen molar-refractivity contribution in [3.63, 3.8) is 0 Å². The Labute approximate surface area is 212 Å². The standard InChI is InChI=1S/C27H21ClN2O2S2/c1-17-21(20-10-6-7-11-23(20)29(17)16-18-8-4-3-5-9-18)15-25-26(31)30(27(33)34-25)19-12-13-24(32-2)22(28)14-19/h3-15H,16H2,1-2H3/b25-15-. The van der Waals surface area contributed by atoms with Crippen molar-refractivity contribution in [1.82, 2.24) is 4.57 Å². The number of ether oxygens (including phenoxy) is 1. The first kappa shape index (κ1) is 22.7. The molecule has 1 aliphatic heterocycles. The van der Waals surface area contributed by atoms with Crippen LogP contribution < -0.4 is 9.64 Å². The van der Waals surface area contributed by atoms with E-state index < -0.39 is 0 Å². The minimum Gasteiger partial charge on any atom is -0.495 e. The Balaban J connectivity index is 1.55. The number of thiocarbonyl (C=S) groups is 1. The fraction of sp³-hybridized carbons (Fsp3) is 0.111. The number of carbonyl (C=O) groups excluding carboxylic acids is 1. The molecule has 0 radical (unpaired) electrons. The number of fused-ring (bicyclic) bond motifs is 1. The molecule has 3 aromatic carbocycles. The summed E-state index contributed by atoms with van der Waals surface area (Å²) in [6, 6.07) is 23.9. The van der Waals surface area contributed by atoms with Crippen LogP contribution in [0.3, 0.4) is 0 Å². The van der Waals surface area contributed by atoms with Crippen LogP contribution in [0.15, 0.2) is 77.7 Å². The number of aromatic nitrogens is 1. The Morgan fingerprint density at radius 2 is 1.79 bits per heavy atom. The van der Waals surface area contributed by atoms with Gasteiger partial charge in [-0.1, -0.05) is 84.1 Å². The van der Waals surface area contributed by atoms with Gasteiger partial charge >= 0.3 is 0 Å². The van der Waals surface area contributed by atoms with Gasteiger partial charge in [0.25, 0.3) is 5.91 Å². The summed E-state index contributed by atoms with van der Waals surface area (Å²) in [5, 5.41) is 1.53. The first-order valence-electron chi connectivity index (χ1n) is 10.7. The molecule has 5 rings (SSSR count). The number of nitrogens with zero attached hydrogens (tertiary/aromatic N) is 2. The summed E-state index contributed by atoms with van der Waals surface area (Å²) in [6.45, 7) is 2.85. The molecule has 1 aliphatic rings. The number of hydrogen-bond acceptors (Lipinski definition) is 4. The van der Waals surface area contributed by atoms with Gasteiger partial charge in [0, 0.05) is 28.7 Å². The Morgan fingerprint density at radius 1 is 1.06 bits per heavy atom. The van der Waals surface area contributed by atoms with Gasteiger partial charge in [0.2, 0.25) is 0 Å². The largest absolute Gasteiger partial charge is 0.495 e. The van der Waals surface area contributed by atoms with Gasteiger partial charge in [-0.25, -0.2) is 0 Å². The minimum absolute atomic E-state index is 0.157. The molecular weight excluding hydrogens is 484 g/mol. The number of amides is 1. The van der Waals surface area contributed by atoms with E-state index in [1.165, 1.54) is 22.2 Å². The fourth-order valence-electron chi connectivity index (χ4n) is 4.23. The lowest BCUT2D eigenvalue weighted by molar-refractivity contribution is -0.113. The molecule has 0 spiro atoms. The minimum atomic E-state index is -0.157.